The van der Waals surface area contributed by atoms with E-state index < -0.39 is 0 Å². The number of allylic oxidation sites excluding steroid dienone is 2. The van der Waals surface area contributed by atoms with Crippen molar-refractivity contribution in [2.75, 3.05) is 39.8 Å². The van der Waals surface area contributed by atoms with Gasteiger partial charge < -0.3 is 28.7 Å². The average Bonchev–Trinajstić information content (AvgIpc) is 3.78. The van der Waals surface area contributed by atoms with Crippen LogP contribution in [0.25, 0.3) is 12.2 Å². The van der Waals surface area contributed by atoms with Crippen LogP contribution in [-0.2, 0) is 9.59 Å². The highest BCUT2D eigenvalue weighted by atomic mass is 16.7. The Balaban J connectivity index is 1.22. The number of carbonyl (C=O) groups excluding carboxylic acids is 2. The number of amides is 2. The summed E-state index contributed by atoms with van der Waals surface area (Å²) in [5, 5.41) is 0. The first-order valence-electron chi connectivity index (χ1n) is 14.9. The minimum atomic E-state index is -0.377. The number of carbonyl (C=O) groups is 2. The quantitative estimate of drug-likeness (QED) is 0.499. The molecule has 1 aliphatic carbocycles. The molecule has 4 heterocycles. The molecule has 2 aromatic carbocycles. The fourth-order valence-corrected chi connectivity index (χ4v) is 6.90. The van der Waals surface area contributed by atoms with Gasteiger partial charge in [0.25, 0.3) is 0 Å². The molecule has 8 heteroatoms. The number of rotatable bonds is 6. The van der Waals surface area contributed by atoms with Crippen molar-refractivity contribution < 1.29 is 28.5 Å². The first-order valence-corrected chi connectivity index (χ1v) is 14.9. The Bertz CT molecular complexity index is 1370. The van der Waals surface area contributed by atoms with Crippen LogP contribution >= 0.6 is 0 Å². The van der Waals surface area contributed by atoms with Crippen LogP contribution in [0.3, 0.4) is 0 Å². The zero-order valence-electron chi connectivity index (χ0n) is 23.2. The molecule has 0 radical (unpaired) electrons. The first-order chi connectivity index (χ1) is 20.2. The lowest BCUT2D eigenvalue weighted by Gasteiger charge is -2.50. The molecule has 214 valence electrons. The summed E-state index contributed by atoms with van der Waals surface area (Å²) in [5.41, 5.74) is 1.96. The number of piperidine rings is 1. The Morgan fingerprint density at radius 2 is 1.00 bits per heavy atom. The minimum absolute atomic E-state index is 0.0995. The summed E-state index contributed by atoms with van der Waals surface area (Å²) in [7, 11) is 0. The standard InChI is InChI=1S/C33H36N2O6/c36-32(34-14-2-1-3-15-34)30-24(10-6-22-8-12-26-28(18-22)40-20-38-26)25(31(30)33(37)35-16-4-5-17-35)11-7-23-9-13-27-29(19-23)41-21-39-27/h6-13,18-19,24-25,30-31H,1-5,14-17,20-21H2. The van der Waals surface area contributed by atoms with E-state index in [9.17, 15) is 9.59 Å². The molecule has 41 heavy (non-hydrogen) atoms. The van der Waals surface area contributed by atoms with Gasteiger partial charge in [-0.25, -0.2) is 0 Å². The summed E-state index contributed by atoms with van der Waals surface area (Å²) in [6, 6.07) is 11.7. The van der Waals surface area contributed by atoms with Crippen molar-refractivity contribution in [3.63, 3.8) is 0 Å². The molecule has 8 nitrogen and oxygen atoms in total. The number of hydrogen-bond acceptors (Lipinski definition) is 6. The second kappa shape index (κ2) is 11.1. The highest BCUT2D eigenvalue weighted by Crippen LogP contribution is 2.51. The molecule has 4 atom stereocenters. The van der Waals surface area contributed by atoms with Gasteiger partial charge in [0.15, 0.2) is 23.0 Å². The lowest BCUT2D eigenvalue weighted by atomic mass is 9.55. The molecule has 0 aromatic heterocycles. The van der Waals surface area contributed by atoms with Crippen LogP contribution in [0, 0.1) is 23.7 Å². The summed E-state index contributed by atoms with van der Waals surface area (Å²) in [4.78, 5) is 32.0. The van der Waals surface area contributed by atoms with E-state index in [0.717, 1.165) is 92.4 Å². The van der Waals surface area contributed by atoms with E-state index in [1.165, 1.54) is 0 Å². The summed E-state index contributed by atoms with van der Waals surface area (Å²) in [6.45, 7) is 3.55. The van der Waals surface area contributed by atoms with E-state index in [-0.39, 0.29) is 49.1 Å². The smallest absolute Gasteiger partial charge is 0.231 e. The second-order valence-corrected chi connectivity index (χ2v) is 11.6. The lowest BCUT2D eigenvalue weighted by Crippen LogP contribution is -2.59. The van der Waals surface area contributed by atoms with Crippen molar-refractivity contribution in [3.05, 3.63) is 59.7 Å². The Labute approximate surface area is 240 Å². The third kappa shape index (κ3) is 5.04. The molecule has 1 saturated carbocycles. The van der Waals surface area contributed by atoms with Crippen LogP contribution in [0.4, 0.5) is 0 Å². The molecule has 4 aliphatic heterocycles. The Morgan fingerprint density at radius 1 is 0.585 bits per heavy atom. The molecule has 4 unspecified atom stereocenters. The lowest BCUT2D eigenvalue weighted by molar-refractivity contribution is -0.160. The van der Waals surface area contributed by atoms with Crippen molar-refractivity contribution in [1.82, 2.24) is 9.80 Å². The molecule has 5 aliphatic rings. The van der Waals surface area contributed by atoms with Gasteiger partial charge in [0.2, 0.25) is 25.4 Å². The summed E-state index contributed by atoms with van der Waals surface area (Å²) in [5.74, 6) is 2.22. The number of ether oxygens (including phenoxy) is 4. The SMILES string of the molecule is O=C(C1C(C=Cc2ccc3c(c2)OCO3)C(C=Cc2ccc3c(c2)OCO3)C1C(=O)N1CCCC1)N1CCCCC1. The fourth-order valence-electron chi connectivity index (χ4n) is 6.90. The highest BCUT2D eigenvalue weighted by molar-refractivity contribution is 5.91. The number of likely N-dealkylation sites (tertiary alicyclic amines) is 2. The molecule has 0 spiro atoms. The van der Waals surface area contributed by atoms with Gasteiger partial charge in [-0.05, 0) is 79.3 Å². The molecule has 2 aromatic rings. The van der Waals surface area contributed by atoms with Crippen molar-refractivity contribution in [3.8, 4) is 23.0 Å². The molecular formula is C33H36N2O6. The number of fused-ring (bicyclic) bond motifs is 2. The normalized spacial score (nSPS) is 26.6. The van der Waals surface area contributed by atoms with Crippen LogP contribution in [0.2, 0.25) is 0 Å². The zero-order valence-corrected chi connectivity index (χ0v) is 23.2. The first kappa shape index (κ1) is 26.0. The van der Waals surface area contributed by atoms with Gasteiger partial charge >= 0.3 is 0 Å². The van der Waals surface area contributed by atoms with Gasteiger partial charge in [-0.3, -0.25) is 9.59 Å². The number of hydrogen-bond donors (Lipinski definition) is 0. The van der Waals surface area contributed by atoms with Gasteiger partial charge in [-0.1, -0.05) is 36.4 Å². The van der Waals surface area contributed by atoms with Crippen LogP contribution in [0.1, 0.15) is 43.2 Å². The Kier molecular flexibility index (Phi) is 7.07. The van der Waals surface area contributed by atoms with Crippen molar-refractivity contribution in [2.45, 2.75) is 32.1 Å². The van der Waals surface area contributed by atoms with Gasteiger partial charge in [0.1, 0.15) is 0 Å². The second-order valence-electron chi connectivity index (χ2n) is 11.6. The Morgan fingerprint density at radius 3 is 1.46 bits per heavy atom. The molecule has 0 N–H and O–H groups in total. The molecule has 0 bridgehead atoms. The number of benzene rings is 2. The van der Waals surface area contributed by atoms with E-state index in [0.29, 0.717) is 0 Å². The minimum Gasteiger partial charge on any atom is -0.454 e. The topological polar surface area (TPSA) is 77.5 Å². The third-order valence-corrected chi connectivity index (χ3v) is 9.13. The van der Waals surface area contributed by atoms with Crippen molar-refractivity contribution in [2.24, 2.45) is 23.7 Å². The van der Waals surface area contributed by atoms with Gasteiger partial charge in [-0.2, -0.15) is 0 Å². The van der Waals surface area contributed by atoms with Crippen LogP contribution in [0.15, 0.2) is 48.6 Å². The van der Waals surface area contributed by atoms with E-state index in [1.54, 1.807) is 0 Å². The van der Waals surface area contributed by atoms with E-state index in [1.807, 2.05) is 46.2 Å². The van der Waals surface area contributed by atoms with Gasteiger partial charge in [-0.15, -0.1) is 0 Å². The summed E-state index contributed by atoms with van der Waals surface area (Å²) >= 11 is 0. The van der Waals surface area contributed by atoms with Crippen molar-refractivity contribution in [1.29, 1.82) is 0 Å². The van der Waals surface area contributed by atoms with Crippen LogP contribution < -0.4 is 18.9 Å². The summed E-state index contributed by atoms with van der Waals surface area (Å²) in [6.07, 6.45) is 13.6. The zero-order chi connectivity index (χ0) is 27.8. The molecule has 7 rings (SSSR count). The molecule has 2 amide bonds. The van der Waals surface area contributed by atoms with E-state index in [4.69, 9.17) is 18.9 Å². The fraction of sp³-hybridized carbons (Fsp3) is 0.455. The van der Waals surface area contributed by atoms with E-state index in [2.05, 4.69) is 24.3 Å². The maximum atomic E-state index is 14.1. The predicted octanol–water partition coefficient (Wildman–Crippen LogP) is 4.98. The number of nitrogens with zero attached hydrogens (tertiary/aromatic N) is 2. The molecule has 2 saturated heterocycles. The maximum Gasteiger partial charge on any atom is 0.231 e. The van der Waals surface area contributed by atoms with Crippen molar-refractivity contribution >= 4 is 24.0 Å². The monoisotopic (exact) mass is 556 g/mol. The largest absolute Gasteiger partial charge is 0.454 e. The molecular weight excluding hydrogens is 520 g/mol. The van der Waals surface area contributed by atoms with E-state index >= 15 is 0 Å². The summed E-state index contributed by atoms with van der Waals surface area (Å²) < 4.78 is 22.1. The molecule has 3 fully saturated rings. The van der Waals surface area contributed by atoms with Crippen LogP contribution in [-0.4, -0.2) is 61.4 Å². The predicted molar refractivity (Wildman–Crippen MR) is 153 cm³/mol. The van der Waals surface area contributed by atoms with Gasteiger partial charge in [0, 0.05) is 26.2 Å². The average molecular weight is 557 g/mol. The van der Waals surface area contributed by atoms with Gasteiger partial charge in [0.05, 0.1) is 11.8 Å². The maximum absolute atomic E-state index is 14.1. The highest BCUT2D eigenvalue weighted by Gasteiger charge is 2.57. The third-order valence-electron chi connectivity index (χ3n) is 9.13. The Hall–Kier alpha value is -3.94. The van der Waals surface area contributed by atoms with Crippen LogP contribution in [0.5, 0.6) is 23.0 Å².